The summed E-state index contributed by atoms with van der Waals surface area (Å²) in [7, 11) is 0. The Balaban J connectivity index is 1.64. The van der Waals surface area contributed by atoms with Crippen molar-refractivity contribution in [2.24, 2.45) is 0 Å². The highest BCUT2D eigenvalue weighted by atomic mass is 32.2. The van der Waals surface area contributed by atoms with Gasteiger partial charge in [0.05, 0.1) is 6.54 Å². The maximum atomic E-state index is 12.0. The molecule has 1 saturated carbocycles. The second-order valence-electron chi connectivity index (χ2n) is 5.31. The quantitative estimate of drug-likeness (QED) is 0.913. The monoisotopic (exact) mass is 276 g/mol. The summed E-state index contributed by atoms with van der Waals surface area (Å²) in [6.45, 7) is 1.54. The second kappa shape index (κ2) is 5.97. The maximum Gasteiger partial charge on any atom is 0.234 e. The molecule has 19 heavy (non-hydrogen) atoms. The molecule has 0 bridgehead atoms. The maximum absolute atomic E-state index is 12.0. The van der Waals surface area contributed by atoms with Crippen LogP contribution in [0.5, 0.6) is 0 Å². The topological polar surface area (TPSA) is 32.3 Å². The predicted octanol–water partition coefficient (Wildman–Crippen LogP) is 2.06. The van der Waals surface area contributed by atoms with E-state index in [4.69, 9.17) is 0 Å². The van der Waals surface area contributed by atoms with E-state index in [0.29, 0.717) is 18.6 Å². The zero-order valence-corrected chi connectivity index (χ0v) is 11.9. The fourth-order valence-electron chi connectivity index (χ4n) is 2.49. The molecule has 1 aromatic rings. The van der Waals surface area contributed by atoms with Crippen molar-refractivity contribution >= 4 is 17.7 Å². The summed E-state index contributed by atoms with van der Waals surface area (Å²) >= 11 is 1.98. The molecule has 3 rings (SSSR count). The SMILES string of the molecule is O=C(CN1CCSC[C@@H]1c1ccccc1)NC1CC1. The zero-order chi connectivity index (χ0) is 13.1. The summed E-state index contributed by atoms with van der Waals surface area (Å²) in [5.74, 6) is 2.40. The van der Waals surface area contributed by atoms with Gasteiger partial charge in [0.25, 0.3) is 0 Å². The van der Waals surface area contributed by atoms with E-state index in [9.17, 15) is 4.79 Å². The van der Waals surface area contributed by atoms with Crippen LogP contribution in [0.1, 0.15) is 24.4 Å². The van der Waals surface area contributed by atoms with E-state index in [1.165, 1.54) is 5.56 Å². The van der Waals surface area contributed by atoms with Crippen LogP contribution in [0.15, 0.2) is 30.3 Å². The molecular weight excluding hydrogens is 256 g/mol. The van der Waals surface area contributed by atoms with Crippen molar-refractivity contribution < 1.29 is 4.79 Å². The molecule has 1 atom stereocenters. The third-order valence-electron chi connectivity index (χ3n) is 3.71. The summed E-state index contributed by atoms with van der Waals surface area (Å²) in [6.07, 6.45) is 2.31. The lowest BCUT2D eigenvalue weighted by atomic mass is 10.1. The number of carbonyl (C=O) groups is 1. The predicted molar refractivity (Wildman–Crippen MR) is 79.2 cm³/mol. The Kier molecular flexibility index (Phi) is 4.09. The summed E-state index contributed by atoms with van der Waals surface area (Å²) in [6, 6.07) is 11.4. The summed E-state index contributed by atoms with van der Waals surface area (Å²) in [5.41, 5.74) is 1.33. The first kappa shape index (κ1) is 13.0. The Morgan fingerprint density at radius 3 is 2.84 bits per heavy atom. The molecule has 1 heterocycles. The fraction of sp³-hybridized carbons (Fsp3) is 0.533. The number of rotatable bonds is 4. The van der Waals surface area contributed by atoms with Gasteiger partial charge in [-0.1, -0.05) is 30.3 Å². The molecule has 2 fully saturated rings. The molecule has 1 N–H and O–H groups in total. The Bertz CT molecular complexity index is 433. The lowest BCUT2D eigenvalue weighted by Gasteiger charge is -2.35. The minimum atomic E-state index is 0.190. The minimum Gasteiger partial charge on any atom is -0.352 e. The number of hydrogen-bond acceptors (Lipinski definition) is 3. The van der Waals surface area contributed by atoms with Crippen LogP contribution in [-0.4, -0.2) is 41.4 Å². The van der Waals surface area contributed by atoms with Gasteiger partial charge in [-0.3, -0.25) is 9.69 Å². The number of nitrogens with one attached hydrogen (secondary N) is 1. The normalized spacial score (nSPS) is 24.1. The van der Waals surface area contributed by atoms with Gasteiger partial charge in [0, 0.05) is 30.1 Å². The first-order valence-corrected chi connectivity index (χ1v) is 8.14. The van der Waals surface area contributed by atoms with E-state index in [1.54, 1.807) is 0 Å². The number of thioether (sulfide) groups is 1. The highest BCUT2D eigenvalue weighted by Gasteiger charge is 2.28. The lowest BCUT2D eigenvalue weighted by Crippen LogP contribution is -2.43. The van der Waals surface area contributed by atoms with Gasteiger partial charge < -0.3 is 5.32 Å². The van der Waals surface area contributed by atoms with Crippen molar-refractivity contribution in [1.82, 2.24) is 10.2 Å². The number of carbonyl (C=O) groups excluding carboxylic acids is 1. The van der Waals surface area contributed by atoms with Crippen LogP contribution in [0, 0.1) is 0 Å². The van der Waals surface area contributed by atoms with E-state index in [0.717, 1.165) is 30.9 Å². The van der Waals surface area contributed by atoms with E-state index in [1.807, 2.05) is 17.8 Å². The van der Waals surface area contributed by atoms with Crippen LogP contribution < -0.4 is 5.32 Å². The van der Waals surface area contributed by atoms with Gasteiger partial charge in [-0.25, -0.2) is 0 Å². The molecule has 102 valence electrons. The van der Waals surface area contributed by atoms with Crippen LogP contribution >= 0.6 is 11.8 Å². The largest absolute Gasteiger partial charge is 0.352 e. The molecule has 0 unspecified atom stereocenters. The number of hydrogen-bond donors (Lipinski definition) is 1. The highest BCUT2D eigenvalue weighted by molar-refractivity contribution is 7.99. The summed E-state index contributed by atoms with van der Waals surface area (Å²) < 4.78 is 0. The van der Waals surface area contributed by atoms with Gasteiger partial charge in [0.1, 0.15) is 0 Å². The Hall–Kier alpha value is -1.00. The van der Waals surface area contributed by atoms with Gasteiger partial charge >= 0.3 is 0 Å². The van der Waals surface area contributed by atoms with Crippen molar-refractivity contribution in [2.45, 2.75) is 24.9 Å². The van der Waals surface area contributed by atoms with Crippen molar-refractivity contribution in [1.29, 1.82) is 0 Å². The van der Waals surface area contributed by atoms with Crippen LogP contribution in [0.3, 0.4) is 0 Å². The third-order valence-corrected chi connectivity index (χ3v) is 4.74. The Morgan fingerprint density at radius 2 is 2.11 bits per heavy atom. The molecule has 4 heteroatoms. The van der Waals surface area contributed by atoms with Crippen molar-refractivity contribution in [3.8, 4) is 0 Å². The number of amides is 1. The van der Waals surface area contributed by atoms with Crippen molar-refractivity contribution in [3.63, 3.8) is 0 Å². The molecule has 1 aliphatic carbocycles. The van der Waals surface area contributed by atoms with Crippen LogP contribution in [0.25, 0.3) is 0 Å². The molecular formula is C15H20N2OS. The number of nitrogens with zero attached hydrogens (tertiary/aromatic N) is 1. The standard InChI is InChI=1S/C15H20N2OS/c18-15(16-13-6-7-13)10-17-8-9-19-11-14(17)12-4-2-1-3-5-12/h1-5,13-14H,6-11H2,(H,16,18)/t14-/m1/s1. The summed E-state index contributed by atoms with van der Waals surface area (Å²) in [5, 5.41) is 3.09. The highest BCUT2D eigenvalue weighted by Crippen LogP contribution is 2.29. The molecule has 1 aliphatic heterocycles. The molecule has 2 aliphatic rings. The molecule has 0 radical (unpaired) electrons. The number of benzene rings is 1. The summed E-state index contributed by atoms with van der Waals surface area (Å²) in [4.78, 5) is 14.3. The average Bonchev–Trinajstić information content (AvgIpc) is 3.24. The van der Waals surface area contributed by atoms with Gasteiger partial charge in [-0.2, -0.15) is 11.8 Å². The lowest BCUT2D eigenvalue weighted by molar-refractivity contribution is -0.122. The zero-order valence-electron chi connectivity index (χ0n) is 11.0. The second-order valence-corrected chi connectivity index (χ2v) is 6.46. The molecule has 1 amide bonds. The van der Waals surface area contributed by atoms with Gasteiger partial charge in [-0.05, 0) is 18.4 Å². The molecule has 1 saturated heterocycles. The van der Waals surface area contributed by atoms with E-state index >= 15 is 0 Å². The van der Waals surface area contributed by atoms with Crippen LogP contribution in [0.4, 0.5) is 0 Å². The van der Waals surface area contributed by atoms with Crippen molar-refractivity contribution in [2.75, 3.05) is 24.6 Å². The molecule has 0 spiro atoms. The third kappa shape index (κ3) is 3.51. The minimum absolute atomic E-state index is 0.190. The van der Waals surface area contributed by atoms with Crippen LogP contribution in [-0.2, 0) is 4.79 Å². The molecule has 3 nitrogen and oxygen atoms in total. The van der Waals surface area contributed by atoms with Gasteiger partial charge in [0.15, 0.2) is 0 Å². The molecule has 1 aromatic carbocycles. The first-order valence-electron chi connectivity index (χ1n) is 6.99. The van der Waals surface area contributed by atoms with E-state index in [-0.39, 0.29) is 5.91 Å². The Morgan fingerprint density at radius 1 is 1.32 bits per heavy atom. The van der Waals surface area contributed by atoms with Gasteiger partial charge in [-0.15, -0.1) is 0 Å². The van der Waals surface area contributed by atoms with Gasteiger partial charge in [0.2, 0.25) is 5.91 Å². The molecule has 0 aromatic heterocycles. The smallest absolute Gasteiger partial charge is 0.234 e. The average molecular weight is 276 g/mol. The van der Waals surface area contributed by atoms with Crippen LogP contribution in [0.2, 0.25) is 0 Å². The van der Waals surface area contributed by atoms with E-state index < -0.39 is 0 Å². The Labute approximate surface area is 118 Å². The first-order chi connectivity index (χ1) is 9.33. The van der Waals surface area contributed by atoms with E-state index in [2.05, 4.69) is 34.5 Å². The van der Waals surface area contributed by atoms with Crippen molar-refractivity contribution in [3.05, 3.63) is 35.9 Å². The fourth-order valence-corrected chi connectivity index (χ4v) is 3.65.